The minimum absolute atomic E-state index is 0.246. The molecule has 0 heterocycles. The Morgan fingerprint density at radius 3 is 2.43 bits per heavy atom. The van der Waals surface area contributed by atoms with Crippen molar-refractivity contribution in [3.63, 3.8) is 0 Å². The quantitative estimate of drug-likeness (QED) is 0.638. The van der Waals surface area contributed by atoms with Crippen molar-refractivity contribution in [2.24, 2.45) is 0 Å². The Hall–Kier alpha value is -2.82. The van der Waals surface area contributed by atoms with E-state index in [9.17, 15) is 10.1 Å². The monoisotopic (exact) mass is 311 g/mol. The Morgan fingerprint density at radius 1 is 1.00 bits per heavy atom. The minimum atomic E-state index is -0.276. The minimum Gasteiger partial charge on any atom is -0.493 e. The fourth-order valence-corrected chi connectivity index (χ4v) is 3.01. The normalized spacial score (nSPS) is 13.5. The lowest BCUT2D eigenvalue weighted by Crippen LogP contribution is -2.12. The van der Waals surface area contributed by atoms with Crippen LogP contribution in [0, 0.1) is 10.1 Å². The molecular weight excluding hydrogens is 294 g/mol. The summed E-state index contributed by atoms with van der Waals surface area (Å²) in [6.45, 7) is 0. The van der Waals surface area contributed by atoms with Gasteiger partial charge < -0.3 is 9.47 Å². The highest BCUT2D eigenvalue weighted by Gasteiger charge is 2.28. The molecule has 1 aliphatic rings. The summed E-state index contributed by atoms with van der Waals surface area (Å²) in [5, 5.41) is 11.5. The Balaban J connectivity index is 2.23. The van der Waals surface area contributed by atoms with Crippen molar-refractivity contribution in [3.05, 3.63) is 75.0 Å². The van der Waals surface area contributed by atoms with Crippen molar-refractivity contribution >= 4 is 5.57 Å². The van der Waals surface area contributed by atoms with Crippen molar-refractivity contribution in [3.8, 4) is 11.5 Å². The molecule has 0 spiro atoms. The number of aryl methyl sites for hydroxylation is 1. The summed E-state index contributed by atoms with van der Waals surface area (Å²) in [5.74, 6) is 1.16. The SMILES string of the molecule is COc1ccc(C2=C([N+](=O)[O-])CCc3ccccc32)cc1OC. The molecule has 2 aromatic carbocycles. The molecule has 23 heavy (non-hydrogen) atoms. The maximum atomic E-state index is 11.5. The highest BCUT2D eigenvalue weighted by Crippen LogP contribution is 2.39. The first-order chi connectivity index (χ1) is 11.2. The van der Waals surface area contributed by atoms with Crippen molar-refractivity contribution in [1.29, 1.82) is 0 Å². The Bertz CT molecular complexity index is 795. The number of methoxy groups -OCH3 is 2. The molecule has 0 fully saturated rings. The van der Waals surface area contributed by atoms with E-state index in [0.717, 1.165) is 16.7 Å². The molecule has 0 radical (unpaired) electrons. The summed E-state index contributed by atoms with van der Waals surface area (Å²) in [6, 6.07) is 13.2. The van der Waals surface area contributed by atoms with E-state index in [-0.39, 0.29) is 10.6 Å². The molecule has 0 amide bonds. The first-order valence-corrected chi connectivity index (χ1v) is 7.34. The predicted molar refractivity (Wildman–Crippen MR) is 87.3 cm³/mol. The van der Waals surface area contributed by atoms with Crippen molar-refractivity contribution in [2.45, 2.75) is 12.8 Å². The zero-order valence-corrected chi connectivity index (χ0v) is 13.0. The molecule has 118 valence electrons. The molecule has 0 saturated heterocycles. The highest BCUT2D eigenvalue weighted by molar-refractivity contribution is 5.84. The Labute approximate surface area is 134 Å². The topological polar surface area (TPSA) is 61.6 Å². The lowest BCUT2D eigenvalue weighted by atomic mass is 9.85. The molecule has 0 atom stereocenters. The average molecular weight is 311 g/mol. The van der Waals surface area contributed by atoms with E-state index < -0.39 is 0 Å². The molecule has 0 unspecified atom stereocenters. The van der Waals surface area contributed by atoms with Crippen LogP contribution in [0.4, 0.5) is 0 Å². The summed E-state index contributed by atoms with van der Waals surface area (Å²) in [4.78, 5) is 11.2. The number of nitro groups is 1. The van der Waals surface area contributed by atoms with Crippen LogP contribution < -0.4 is 9.47 Å². The van der Waals surface area contributed by atoms with Gasteiger partial charge in [0, 0.05) is 6.42 Å². The van der Waals surface area contributed by atoms with Crippen molar-refractivity contribution in [1.82, 2.24) is 0 Å². The number of rotatable bonds is 4. The molecule has 0 bridgehead atoms. The second-order valence-electron chi connectivity index (χ2n) is 5.31. The number of allylic oxidation sites excluding steroid dienone is 1. The van der Waals surface area contributed by atoms with Gasteiger partial charge in [-0.3, -0.25) is 10.1 Å². The number of nitrogens with zero attached hydrogens (tertiary/aromatic N) is 1. The van der Waals surface area contributed by atoms with E-state index in [1.165, 1.54) is 0 Å². The Morgan fingerprint density at radius 2 is 1.74 bits per heavy atom. The van der Waals surface area contributed by atoms with Crippen LogP contribution in [0.2, 0.25) is 0 Å². The van der Waals surface area contributed by atoms with Crippen molar-refractivity contribution < 1.29 is 14.4 Å². The standard InChI is InChI=1S/C18H17NO4/c1-22-16-10-8-13(11-17(16)23-2)18-14-6-4-3-5-12(14)7-9-15(18)19(20)21/h3-6,8,10-11H,7,9H2,1-2H3. The van der Waals surface area contributed by atoms with Gasteiger partial charge in [-0.1, -0.05) is 30.3 Å². The van der Waals surface area contributed by atoms with Crippen LogP contribution in [-0.4, -0.2) is 19.1 Å². The highest BCUT2D eigenvalue weighted by atomic mass is 16.6. The second-order valence-corrected chi connectivity index (χ2v) is 5.31. The summed E-state index contributed by atoms with van der Waals surface area (Å²) >= 11 is 0. The van der Waals surface area contributed by atoms with Crippen LogP contribution >= 0.6 is 0 Å². The van der Waals surface area contributed by atoms with Gasteiger partial charge in [0.2, 0.25) is 0 Å². The van der Waals surface area contributed by atoms with Gasteiger partial charge in [0.25, 0.3) is 5.70 Å². The van der Waals surface area contributed by atoms with Crippen LogP contribution in [0.1, 0.15) is 23.1 Å². The number of ether oxygens (including phenoxy) is 2. The molecular formula is C18H17NO4. The molecule has 0 saturated carbocycles. The Kier molecular flexibility index (Phi) is 4.02. The van der Waals surface area contributed by atoms with E-state index in [0.29, 0.717) is 29.9 Å². The van der Waals surface area contributed by atoms with Crippen molar-refractivity contribution in [2.75, 3.05) is 14.2 Å². The van der Waals surface area contributed by atoms with E-state index in [4.69, 9.17) is 9.47 Å². The average Bonchev–Trinajstić information content (AvgIpc) is 2.59. The van der Waals surface area contributed by atoms with Gasteiger partial charge in [0.1, 0.15) is 0 Å². The maximum Gasteiger partial charge on any atom is 0.254 e. The van der Waals surface area contributed by atoms with Gasteiger partial charge in [0.15, 0.2) is 11.5 Å². The van der Waals surface area contributed by atoms with E-state index >= 15 is 0 Å². The molecule has 1 aliphatic carbocycles. The predicted octanol–water partition coefficient (Wildman–Crippen LogP) is 3.69. The lowest BCUT2D eigenvalue weighted by molar-refractivity contribution is -0.427. The number of hydrogen-bond donors (Lipinski definition) is 0. The number of fused-ring (bicyclic) bond motifs is 1. The smallest absolute Gasteiger partial charge is 0.254 e. The lowest BCUT2D eigenvalue weighted by Gasteiger charge is -2.19. The first-order valence-electron chi connectivity index (χ1n) is 7.34. The van der Waals surface area contributed by atoms with Crippen LogP contribution in [0.15, 0.2) is 48.2 Å². The largest absolute Gasteiger partial charge is 0.493 e. The van der Waals surface area contributed by atoms with Gasteiger partial charge >= 0.3 is 0 Å². The van der Waals surface area contributed by atoms with Gasteiger partial charge in [-0.15, -0.1) is 0 Å². The fourth-order valence-electron chi connectivity index (χ4n) is 3.01. The summed E-state index contributed by atoms with van der Waals surface area (Å²) in [7, 11) is 3.12. The third-order valence-electron chi connectivity index (χ3n) is 4.10. The van der Waals surface area contributed by atoms with E-state index in [2.05, 4.69) is 0 Å². The molecule has 3 rings (SSSR count). The summed E-state index contributed by atoms with van der Waals surface area (Å²) < 4.78 is 10.6. The van der Waals surface area contributed by atoms with Gasteiger partial charge in [-0.2, -0.15) is 0 Å². The van der Waals surface area contributed by atoms with Crippen LogP contribution in [0.25, 0.3) is 5.57 Å². The van der Waals surface area contributed by atoms with Crippen LogP contribution in [0.5, 0.6) is 11.5 Å². The third kappa shape index (κ3) is 2.65. The maximum absolute atomic E-state index is 11.5. The molecule has 2 aromatic rings. The zero-order chi connectivity index (χ0) is 16.4. The van der Waals surface area contributed by atoms with Crippen LogP contribution in [-0.2, 0) is 6.42 Å². The van der Waals surface area contributed by atoms with E-state index in [1.54, 1.807) is 26.4 Å². The zero-order valence-electron chi connectivity index (χ0n) is 13.0. The third-order valence-corrected chi connectivity index (χ3v) is 4.10. The molecule has 0 aliphatic heterocycles. The summed E-state index contributed by atoms with van der Waals surface area (Å²) in [6.07, 6.45) is 1.11. The number of hydrogen-bond acceptors (Lipinski definition) is 4. The van der Waals surface area contributed by atoms with Gasteiger partial charge in [-0.05, 0) is 35.2 Å². The molecule has 5 nitrogen and oxygen atoms in total. The number of benzene rings is 2. The molecule has 0 aromatic heterocycles. The molecule has 5 heteroatoms. The fraction of sp³-hybridized carbons (Fsp3) is 0.222. The van der Waals surface area contributed by atoms with E-state index in [1.807, 2.05) is 30.3 Å². The van der Waals surface area contributed by atoms with Crippen LogP contribution in [0.3, 0.4) is 0 Å². The summed E-state index contributed by atoms with van der Waals surface area (Å²) in [5.41, 5.74) is 3.72. The second kappa shape index (κ2) is 6.12. The first kappa shape index (κ1) is 15.1. The van der Waals surface area contributed by atoms with Gasteiger partial charge in [-0.25, -0.2) is 0 Å². The molecule has 0 N–H and O–H groups in total. The van der Waals surface area contributed by atoms with Gasteiger partial charge in [0.05, 0.1) is 24.7 Å².